The standard InChI is InChI=1S/C23H29BrN2O3/c1-13(24)19-11-22-17(19)7-9-26(22)14(2)23(29-15(3)28)18-6-8-25-21-5-4-16(12-27)10-20(18)21/h4-6,8,10,13-14,17,19,22-23,27H,7,9,11-12H2,1-3H3/t13-,14?,17-,19+,22?,23-/m0/s1. The average molecular weight is 461 g/mol. The predicted octanol–water partition coefficient (Wildman–Crippen LogP) is 4.21. The summed E-state index contributed by atoms with van der Waals surface area (Å²) >= 11 is 3.77. The quantitative estimate of drug-likeness (QED) is 0.516. The number of aromatic nitrogens is 1. The summed E-state index contributed by atoms with van der Waals surface area (Å²) in [4.78, 5) is 19.5. The smallest absolute Gasteiger partial charge is 0.303 e. The Morgan fingerprint density at radius 1 is 1.38 bits per heavy atom. The summed E-state index contributed by atoms with van der Waals surface area (Å²) in [5.74, 6) is 1.18. The number of esters is 1. The third kappa shape index (κ3) is 3.82. The van der Waals surface area contributed by atoms with E-state index in [2.05, 4.69) is 39.7 Å². The number of hydrogen-bond donors (Lipinski definition) is 1. The van der Waals surface area contributed by atoms with Gasteiger partial charge in [-0.05, 0) is 61.9 Å². The lowest BCUT2D eigenvalue weighted by Gasteiger charge is -2.48. The molecule has 1 saturated heterocycles. The molecular formula is C23H29BrN2O3. The molecule has 1 saturated carbocycles. The van der Waals surface area contributed by atoms with Crippen LogP contribution in [0.5, 0.6) is 0 Å². The number of nitrogens with zero attached hydrogens (tertiary/aromatic N) is 2. The minimum absolute atomic E-state index is 0.0277. The zero-order valence-corrected chi connectivity index (χ0v) is 18.8. The molecule has 2 aliphatic rings. The van der Waals surface area contributed by atoms with E-state index in [4.69, 9.17) is 4.74 Å². The van der Waals surface area contributed by atoms with Gasteiger partial charge < -0.3 is 9.84 Å². The second kappa shape index (κ2) is 8.32. The molecule has 1 aromatic carbocycles. The van der Waals surface area contributed by atoms with Crippen molar-refractivity contribution in [3.05, 3.63) is 41.6 Å². The summed E-state index contributed by atoms with van der Waals surface area (Å²) in [6.07, 6.45) is 3.80. The van der Waals surface area contributed by atoms with Crippen molar-refractivity contribution < 1.29 is 14.6 Å². The van der Waals surface area contributed by atoms with E-state index < -0.39 is 0 Å². The number of halogens is 1. The number of carbonyl (C=O) groups excluding carboxylic acids is 1. The molecule has 2 fully saturated rings. The van der Waals surface area contributed by atoms with Gasteiger partial charge in [-0.25, -0.2) is 0 Å². The van der Waals surface area contributed by atoms with Crippen LogP contribution in [-0.2, 0) is 16.1 Å². The molecule has 1 aliphatic heterocycles. The van der Waals surface area contributed by atoms with Crippen molar-refractivity contribution in [2.75, 3.05) is 6.54 Å². The van der Waals surface area contributed by atoms with E-state index in [1.54, 1.807) is 6.20 Å². The van der Waals surface area contributed by atoms with Crippen LogP contribution in [0.3, 0.4) is 0 Å². The summed E-state index contributed by atoms with van der Waals surface area (Å²) < 4.78 is 5.89. The van der Waals surface area contributed by atoms with Gasteiger partial charge in [-0.2, -0.15) is 0 Å². The van der Waals surface area contributed by atoms with Gasteiger partial charge in [-0.1, -0.05) is 28.9 Å². The summed E-state index contributed by atoms with van der Waals surface area (Å²) in [6.45, 7) is 6.90. The Morgan fingerprint density at radius 2 is 2.17 bits per heavy atom. The molecule has 6 atom stereocenters. The fourth-order valence-corrected chi connectivity index (χ4v) is 5.95. The highest BCUT2D eigenvalue weighted by Crippen LogP contribution is 2.50. The van der Waals surface area contributed by atoms with Crippen LogP contribution in [0.4, 0.5) is 0 Å². The van der Waals surface area contributed by atoms with E-state index in [9.17, 15) is 9.90 Å². The fourth-order valence-electron chi connectivity index (χ4n) is 5.34. The molecule has 1 aromatic heterocycles. The maximum absolute atomic E-state index is 12.0. The number of rotatable bonds is 6. The lowest BCUT2D eigenvalue weighted by molar-refractivity contribution is -0.151. The van der Waals surface area contributed by atoms with E-state index in [1.807, 2.05) is 24.3 Å². The lowest BCUT2D eigenvalue weighted by atomic mass is 9.68. The van der Waals surface area contributed by atoms with Crippen LogP contribution in [0.15, 0.2) is 30.5 Å². The largest absolute Gasteiger partial charge is 0.456 e. The number of hydrogen-bond acceptors (Lipinski definition) is 5. The molecule has 29 heavy (non-hydrogen) atoms. The molecule has 1 N–H and O–H groups in total. The van der Waals surface area contributed by atoms with Crippen molar-refractivity contribution in [3.63, 3.8) is 0 Å². The van der Waals surface area contributed by atoms with Crippen LogP contribution in [0.25, 0.3) is 10.9 Å². The van der Waals surface area contributed by atoms with Crippen LogP contribution in [0.2, 0.25) is 0 Å². The van der Waals surface area contributed by atoms with Gasteiger partial charge in [0.15, 0.2) is 0 Å². The number of carbonyl (C=O) groups is 1. The first-order valence-corrected chi connectivity index (χ1v) is 11.4. The number of pyridine rings is 1. The first-order chi connectivity index (χ1) is 13.9. The van der Waals surface area contributed by atoms with Gasteiger partial charge in [0.2, 0.25) is 0 Å². The average Bonchev–Trinajstić information content (AvgIpc) is 3.00. The molecule has 2 unspecified atom stereocenters. The van der Waals surface area contributed by atoms with E-state index in [-0.39, 0.29) is 24.7 Å². The molecule has 6 heteroatoms. The maximum atomic E-state index is 12.0. The summed E-state index contributed by atoms with van der Waals surface area (Å²) in [5.41, 5.74) is 2.64. The molecule has 0 radical (unpaired) electrons. The van der Waals surface area contributed by atoms with Gasteiger partial charge in [0.05, 0.1) is 12.1 Å². The van der Waals surface area contributed by atoms with Crippen molar-refractivity contribution in [2.24, 2.45) is 11.8 Å². The van der Waals surface area contributed by atoms with Crippen LogP contribution < -0.4 is 0 Å². The molecule has 156 valence electrons. The molecule has 4 rings (SSSR count). The number of alkyl halides is 1. The number of aliphatic hydroxyl groups excluding tert-OH is 1. The number of likely N-dealkylation sites (tertiary alicyclic amines) is 1. The van der Waals surface area contributed by atoms with Gasteiger partial charge >= 0.3 is 5.97 Å². The lowest BCUT2D eigenvalue weighted by Crippen LogP contribution is -2.52. The minimum atomic E-state index is -0.369. The van der Waals surface area contributed by atoms with Gasteiger partial charge in [0.25, 0.3) is 0 Å². The Hall–Kier alpha value is -1.50. The van der Waals surface area contributed by atoms with Crippen molar-refractivity contribution in [2.45, 2.75) is 63.2 Å². The molecule has 1 aliphatic carbocycles. The molecule has 2 aromatic rings. The normalized spacial score (nSPS) is 27.1. The third-order valence-electron chi connectivity index (χ3n) is 6.88. The van der Waals surface area contributed by atoms with Crippen LogP contribution in [0, 0.1) is 11.8 Å². The Kier molecular flexibility index (Phi) is 5.96. The molecule has 2 heterocycles. The zero-order chi connectivity index (χ0) is 20.7. The Bertz CT molecular complexity index is 903. The van der Waals surface area contributed by atoms with Gasteiger partial charge in [0, 0.05) is 41.0 Å². The minimum Gasteiger partial charge on any atom is -0.456 e. The second-order valence-electron chi connectivity index (χ2n) is 8.52. The first-order valence-electron chi connectivity index (χ1n) is 10.5. The number of fused-ring (bicyclic) bond motifs is 2. The SMILES string of the molecule is CC(=O)O[C@H](c1ccnc2ccc(CO)cc12)C(C)N1CC[C@@H]2C1C[C@@H]2[C@H](C)Br. The van der Waals surface area contributed by atoms with Crippen LogP contribution in [-0.4, -0.2) is 44.4 Å². The number of aliphatic hydroxyl groups is 1. The summed E-state index contributed by atoms with van der Waals surface area (Å²) in [5, 5.41) is 10.5. The molecule has 0 spiro atoms. The Labute approximate surface area is 180 Å². The van der Waals surface area contributed by atoms with E-state index in [1.165, 1.54) is 19.8 Å². The second-order valence-corrected chi connectivity index (χ2v) is 9.96. The first kappa shape index (κ1) is 20.8. The monoisotopic (exact) mass is 460 g/mol. The highest BCUT2D eigenvalue weighted by atomic mass is 79.9. The van der Waals surface area contributed by atoms with Crippen molar-refractivity contribution >= 4 is 32.8 Å². The van der Waals surface area contributed by atoms with Gasteiger partial charge in [-0.3, -0.25) is 14.7 Å². The van der Waals surface area contributed by atoms with Crippen molar-refractivity contribution in [3.8, 4) is 0 Å². The van der Waals surface area contributed by atoms with Crippen LogP contribution >= 0.6 is 15.9 Å². The maximum Gasteiger partial charge on any atom is 0.303 e. The topological polar surface area (TPSA) is 62.7 Å². The highest BCUT2D eigenvalue weighted by molar-refractivity contribution is 9.09. The molecule has 5 nitrogen and oxygen atoms in total. The van der Waals surface area contributed by atoms with E-state index in [0.717, 1.165) is 40.4 Å². The van der Waals surface area contributed by atoms with Crippen molar-refractivity contribution in [1.82, 2.24) is 9.88 Å². The fraction of sp³-hybridized carbons (Fsp3) is 0.565. The Balaban J connectivity index is 1.67. The van der Waals surface area contributed by atoms with E-state index in [0.29, 0.717) is 10.9 Å². The molecular weight excluding hydrogens is 432 g/mol. The number of benzene rings is 1. The predicted molar refractivity (Wildman–Crippen MR) is 117 cm³/mol. The zero-order valence-electron chi connectivity index (χ0n) is 17.2. The number of ether oxygens (including phenoxy) is 1. The third-order valence-corrected chi connectivity index (χ3v) is 7.56. The Morgan fingerprint density at radius 3 is 2.86 bits per heavy atom. The molecule has 0 amide bonds. The van der Waals surface area contributed by atoms with Gasteiger partial charge in [0.1, 0.15) is 6.10 Å². The highest BCUT2D eigenvalue weighted by Gasteiger charge is 2.51. The van der Waals surface area contributed by atoms with Crippen molar-refractivity contribution in [1.29, 1.82) is 0 Å². The van der Waals surface area contributed by atoms with Crippen LogP contribution in [0.1, 0.15) is 50.8 Å². The van der Waals surface area contributed by atoms with Gasteiger partial charge in [-0.15, -0.1) is 0 Å². The summed E-state index contributed by atoms with van der Waals surface area (Å²) in [7, 11) is 0. The van der Waals surface area contributed by atoms with E-state index >= 15 is 0 Å². The molecule has 0 bridgehead atoms. The summed E-state index contributed by atoms with van der Waals surface area (Å²) in [6, 6.07) is 8.34.